The first kappa shape index (κ1) is 24.6. The first-order valence-corrected chi connectivity index (χ1v) is 12.1. The number of carbonyl (C=O) groups excluding carboxylic acids is 1. The monoisotopic (exact) mass is 506 g/mol. The Morgan fingerprint density at radius 3 is 2.15 bits per heavy atom. The maximum atomic E-state index is 12.9. The third-order valence-corrected chi connectivity index (χ3v) is 6.53. The average molecular weight is 507 g/mol. The Morgan fingerprint density at radius 1 is 0.879 bits per heavy atom. The van der Waals surface area contributed by atoms with Crippen LogP contribution in [0.25, 0.3) is 0 Å². The minimum atomic E-state index is -3.97. The minimum Gasteiger partial charge on any atom is -0.481 e. The highest BCUT2D eigenvalue weighted by Gasteiger charge is 2.19. The van der Waals surface area contributed by atoms with Gasteiger partial charge in [0.1, 0.15) is 0 Å². The van der Waals surface area contributed by atoms with Gasteiger partial charge in [-0.1, -0.05) is 35.3 Å². The van der Waals surface area contributed by atoms with Crippen LogP contribution in [0.1, 0.15) is 28.8 Å². The molecule has 0 atom stereocenters. The predicted octanol–water partition coefficient (Wildman–Crippen LogP) is 5.45. The molecule has 0 saturated heterocycles. The number of aliphatic carboxylic acids is 1. The smallest absolute Gasteiger partial charge is 0.303 e. The van der Waals surface area contributed by atoms with Crippen molar-refractivity contribution in [2.45, 2.75) is 24.2 Å². The molecule has 0 bridgehead atoms. The highest BCUT2D eigenvalue weighted by molar-refractivity contribution is 7.92. The summed E-state index contributed by atoms with van der Waals surface area (Å²) in [5.41, 5.74) is 1.55. The molecule has 0 fully saturated rings. The van der Waals surface area contributed by atoms with Crippen LogP contribution >= 0.6 is 23.2 Å². The molecule has 172 valence electrons. The summed E-state index contributed by atoms with van der Waals surface area (Å²) in [5.74, 6) is -1.40. The summed E-state index contributed by atoms with van der Waals surface area (Å²) in [6.45, 7) is 0. The standard InChI is InChI=1S/C23H20Cl2N2O5S/c24-16-6-11-19(12-7-16)33(31,32)27-21-13-8-17(25)14-20(21)23(30)26-18-9-4-15(5-10-18)2-1-3-22(28)29/h4-14,27H,1-3H2,(H,26,30)(H,28,29). The lowest BCUT2D eigenvalue weighted by Gasteiger charge is -2.14. The second kappa shape index (κ2) is 10.7. The Morgan fingerprint density at radius 2 is 1.52 bits per heavy atom. The van der Waals surface area contributed by atoms with E-state index in [-0.39, 0.29) is 27.6 Å². The molecule has 1 amide bonds. The van der Waals surface area contributed by atoms with Crippen molar-refractivity contribution in [1.29, 1.82) is 0 Å². The lowest BCUT2D eigenvalue weighted by molar-refractivity contribution is -0.137. The van der Waals surface area contributed by atoms with E-state index in [4.69, 9.17) is 28.3 Å². The van der Waals surface area contributed by atoms with Crippen LogP contribution in [0.5, 0.6) is 0 Å². The van der Waals surface area contributed by atoms with E-state index < -0.39 is 21.9 Å². The first-order valence-electron chi connectivity index (χ1n) is 9.84. The van der Waals surface area contributed by atoms with Crippen LogP contribution in [-0.4, -0.2) is 25.4 Å². The van der Waals surface area contributed by atoms with Crippen molar-refractivity contribution in [2.75, 3.05) is 10.0 Å². The summed E-state index contributed by atoms with van der Waals surface area (Å²) in [6, 6.07) is 16.9. The molecule has 3 aromatic carbocycles. The topological polar surface area (TPSA) is 113 Å². The van der Waals surface area contributed by atoms with Crippen LogP contribution in [0, 0.1) is 0 Å². The Labute approximate surface area is 201 Å². The number of amides is 1. The molecule has 10 heteroatoms. The largest absolute Gasteiger partial charge is 0.481 e. The van der Waals surface area contributed by atoms with Crippen LogP contribution in [0.4, 0.5) is 11.4 Å². The first-order chi connectivity index (χ1) is 15.6. The molecule has 3 aromatic rings. The summed E-state index contributed by atoms with van der Waals surface area (Å²) in [6.07, 6.45) is 1.20. The second-order valence-electron chi connectivity index (χ2n) is 7.15. The second-order valence-corrected chi connectivity index (χ2v) is 9.70. The van der Waals surface area contributed by atoms with Crippen molar-refractivity contribution >= 4 is 56.5 Å². The Balaban J connectivity index is 1.76. The summed E-state index contributed by atoms with van der Waals surface area (Å²) >= 11 is 11.9. The van der Waals surface area contributed by atoms with Crippen LogP contribution in [-0.2, 0) is 21.2 Å². The number of anilines is 2. The zero-order valence-electron chi connectivity index (χ0n) is 17.2. The third kappa shape index (κ3) is 6.95. The van der Waals surface area contributed by atoms with E-state index in [1.807, 2.05) is 0 Å². The van der Waals surface area contributed by atoms with E-state index >= 15 is 0 Å². The number of carboxylic acids is 1. The summed E-state index contributed by atoms with van der Waals surface area (Å²) in [7, 11) is -3.97. The lowest BCUT2D eigenvalue weighted by atomic mass is 10.1. The number of carbonyl (C=O) groups is 2. The average Bonchev–Trinajstić information content (AvgIpc) is 2.76. The van der Waals surface area contributed by atoms with Gasteiger partial charge in [0.2, 0.25) is 0 Å². The summed E-state index contributed by atoms with van der Waals surface area (Å²) in [4.78, 5) is 23.5. The van der Waals surface area contributed by atoms with Crippen LogP contribution in [0.3, 0.4) is 0 Å². The van der Waals surface area contributed by atoms with Crippen molar-refractivity contribution in [1.82, 2.24) is 0 Å². The zero-order chi connectivity index (χ0) is 24.0. The quantitative estimate of drug-likeness (QED) is 0.356. The molecule has 0 radical (unpaired) electrons. The van der Waals surface area contributed by atoms with E-state index in [1.54, 1.807) is 24.3 Å². The van der Waals surface area contributed by atoms with Gasteiger partial charge in [-0.2, -0.15) is 0 Å². The maximum absolute atomic E-state index is 12.9. The predicted molar refractivity (Wildman–Crippen MR) is 129 cm³/mol. The summed E-state index contributed by atoms with van der Waals surface area (Å²) < 4.78 is 27.9. The molecule has 7 nitrogen and oxygen atoms in total. The summed E-state index contributed by atoms with van der Waals surface area (Å²) in [5, 5.41) is 12.1. The fraction of sp³-hybridized carbons (Fsp3) is 0.130. The van der Waals surface area contributed by atoms with Gasteiger partial charge in [0, 0.05) is 22.2 Å². The molecular formula is C23H20Cl2N2O5S. The number of hydrogen-bond acceptors (Lipinski definition) is 4. The minimum absolute atomic E-state index is 0.00769. The van der Waals surface area contributed by atoms with E-state index in [0.29, 0.717) is 23.6 Å². The number of hydrogen-bond donors (Lipinski definition) is 3. The van der Waals surface area contributed by atoms with Gasteiger partial charge in [-0.25, -0.2) is 8.42 Å². The molecule has 0 saturated carbocycles. The van der Waals surface area contributed by atoms with E-state index in [2.05, 4.69) is 10.0 Å². The van der Waals surface area contributed by atoms with Gasteiger partial charge in [0.25, 0.3) is 15.9 Å². The van der Waals surface area contributed by atoms with Gasteiger partial charge in [-0.15, -0.1) is 0 Å². The molecule has 0 aliphatic heterocycles. The van der Waals surface area contributed by atoms with Gasteiger partial charge in [-0.05, 0) is 73.0 Å². The normalized spacial score (nSPS) is 11.1. The van der Waals surface area contributed by atoms with Crippen LogP contribution < -0.4 is 10.0 Å². The van der Waals surface area contributed by atoms with E-state index in [9.17, 15) is 18.0 Å². The van der Waals surface area contributed by atoms with Crippen LogP contribution in [0.15, 0.2) is 71.6 Å². The Kier molecular flexibility index (Phi) is 7.97. The number of nitrogens with one attached hydrogen (secondary N) is 2. The van der Waals surface area contributed by atoms with E-state index in [0.717, 1.165) is 5.56 Å². The zero-order valence-corrected chi connectivity index (χ0v) is 19.5. The third-order valence-electron chi connectivity index (χ3n) is 4.66. The molecule has 0 aliphatic carbocycles. The van der Waals surface area contributed by atoms with Crippen LogP contribution in [0.2, 0.25) is 10.0 Å². The fourth-order valence-corrected chi connectivity index (χ4v) is 4.39. The van der Waals surface area contributed by atoms with Crippen molar-refractivity contribution in [3.05, 3.63) is 87.9 Å². The van der Waals surface area contributed by atoms with Crippen molar-refractivity contribution in [3.8, 4) is 0 Å². The fourth-order valence-electron chi connectivity index (χ4n) is 3.01. The number of halogens is 2. The Hall–Kier alpha value is -3.07. The highest BCUT2D eigenvalue weighted by atomic mass is 35.5. The number of benzene rings is 3. The van der Waals surface area contributed by atoms with Crippen molar-refractivity contribution in [2.24, 2.45) is 0 Å². The number of carboxylic acid groups (broad SMARTS) is 1. The molecule has 0 unspecified atom stereocenters. The van der Waals surface area contributed by atoms with Crippen molar-refractivity contribution < 1.29 is 23.1 Å². The number of rotatable bonds is 9. The van der Waals surface area contributed by atoms with Gasteiger partial charge >= 0.3 is 5.97 Å². The van der Waals surface area contributed by atoms with Gasteiger partial charge in [0.15, 0.2) is 0 Å². The molecule has 0 aromatic heterocycles. The molecule has 0 spiro atoms. The molecular weight excluding hydrogens is 487 g/mol. The lowest BCUT2D eigenvalue weighted by Crippen LogP contribution is -2.18. The highest BCUT2D eigenvalue weighted by Crippen LogP contribution is 2.25. The van der Waals surface area contributed by atoms with Gasteiger partial charge < -0.3 is 10.4 Å². The molecule has 0 heterocycles. The Bertz CT molecular complexity index is 1260. The molecule has 33 heavy (non-hydrogen) atoms. The van der Waals surface area contributed by atoms with Gasteiger partial charge in [-0.3, -0.25) is 14.3 Å². The SMILES string of the molecule is O=C(O)CCCc1ccc(NC(=O)c2cc(Cl)ccc2NS(=O)(=O)c2ccc(Cl)cc2)cc1. The van der Waals surface area contributed by atoms with Gasteiger partial charge in [0.05, 0.1) is 16.1 Å². The number of sulfonamides is 1. The molecule has 3 rings (SSSR count). The number of aryl methyl sites for hydroxylation is 1. The maximum Gasteiger partial charge on any atom is 0.303 e. The molecule has 0 aliphatic rings. The molecule has 3 N–H and O–H groups in total. The van der Waals surface area contributed by atoms with Crippen molar-refractivity contribution in [3.63, 3.8) is 0 Å². The van der Waals surface area contributed by atoms with E-state index in [1.165, 1.54) is 42.5 Å².